The minimum atomic E-state index is 0.225. The van der Waals surface area contributed by atoms with Crippen LogP contribution in [0.2, 0.25) is 0 Å². The van der Waals surface area contributed by atoms with Crippen LogP contribution in [-0.4, -0.2) is 6.61 Å². The van der Waals surface area contributed by atoms with Crippen molar-refractivity contribution in [3.8, 4) is 5.75 Å². The van der Waals surface area contributed by atoms with Gasteiger partial charge >= 0.3 is 0 Å². The van der Waals surface area contributed by atoms with E-state index >= 15 is 0 Å². The standard InChI is InChI=1S/C15H23NO/c1-11(2)8-9-17-13-6-7-14-12(10-13)4-3-5-15(14)16/h6-7,10-11,15H,3-5,8-9,16H2,1-2H3. The van der Waals surface area contributed by atoms with Crippen molar-refractivity contribution in [1.29, 1.82) is 0 Å². The highest BCUT2D eigenvalue weighted by Crippen LogP contribution is 2.30. The number of aryl methyl sites for hydroxylation is 1. The van der Waals surface area contributed by atoms with E-state index in [9.17, 15) is 0 Å². The molecule has 2 N–H and O–H groups in total. The molecule has 0 saturated carbocycles. The topological polar surface area (TPSA) is 35.2 Å². The van der Waals surface area contributed by atoms with Crippen molar-refractivity contribution in [2.45, 2.75) is 45.6 Å². The molecule has 0 fully saturated rings. The molecule has 2 rings (SSSR count). The molecule has 94 valence electrons. The molecular weight excluding hydrogens is 210 g/mol. The summed E-state index contributed by atoms with van der Waals surface area (Å²) < 4.78 is 5.78. The van der Waals surface area contributed by atoms with Gasteiger partial charge < -0.3 is 10.5 Å². The van der Waals surface area contributed by atoms with Gasteiger partial charge in [-0.25, -0.2) is 0 Å². The fourth-order valence-electron chi connectivity index (χ4n) is 2.33. The van der Waals surface area contributed by atoms with Crippen LogP contribution in [0.3, 0.4) is 0 Å². The average Bonchev–Trinajstić information content (AvgIpc) is 2.29. The SMILES string of the molecule is CC(C)CCOc1ccc2c(c1)CCCC2N. The third-order valence-corrected chi connectivity index (χ3v) is 3.44. The van der Waals surface area contributed by atoms with E-state index in [0.717, 1.165) is 31.6 Å². The maximum absolute atomic E-state index is 6.10. The molecule has 1 aliphatic rings. The fourth-order valence-corrected chi connectivity index (χ4v) is 2.33. The molecule has 2 heteroatoms. The lowest BCUT2D eigenvalue weighted by Crippen LogP contribution is -2.17. The van der Waals surface area contributed by atoms with E-state index < -0.39 is 0 Å². The van der Waals surface area contributed by atoms with Crippen LogP contribution in [-0.2, 0) is 6.42 Å². The lowest BCUT2D eigenvalue weighted by atomic mass is 9.88. The minimum absolute atomic E-state index is 0.225. The highest BCUT2D eigenvalue weighted by Gasteiger charge is 2.16. The van der Waals surface area contributed by atoms with Gasteiger partial charge in [0.2, 0.25) is 0 Å². The van der Waals surface area contributed by atoms with Crippen molar-refractivity contribution >= 4 is 0 Å². The number of rotatable bonds is 4. The third-order valence-electron chi connectivity index (χ3n) is 3.44. The summed E-state index contributed by atoms with van der Waals surface area (Å²) >= 11 is 0. The van der Waals surface area contributed by atoms with Crippen LogP contribution in [0, 0.1) is 5.92 Å². The van der Waals surface area contributed by atoms with E-state index in [1.54, 1.807) is 0 Å². The molecule has 0 radical (unpaired) electrons. The quantitative estimate of drug-likeness (QED) is 0.864. The highest BCUT2D eigenvalue weighted by molar-refractivity contribution is 5.38. The van der Waals surface area contributed by atoms with Gasteiger partial charge in [0.25, 0.3) is 0 Å². The van der Waals surface area contributed by atoms with E-state index in [1.807, 2.05) is 0 Å². The summed E-state index contributed by atoms with van der Waals surface area (Å²) in [7, 11) is 0. The maximum Gasteiger partial charge on any atom is 0.119 e. The van der Waals surface area contributed by atoms with Crippen LogP contribution < -0.4 is 10.5 Å². The lowest BCUT2D eigenvalue weighted by molar-refractivity contribution is 0.289. The van der Waals surface area contributed by atoms with Gasteiger partial charge in [-0.3, -0.25) is 0 Å². The van der Waals surface area contributed by atoms with E-state index in [2.05, 4.69) is 32.0 Å². The Balaban J connectivity index is 2.01. The first-order valence-corrected chi connectivity index (χ1v) is 6.68. The van der Waals surface area contributed by atoms with Gasteiger partial charge in [0.1, 0.15) is 5.75 Å². The zero-order chi connectivity index (χ0) is 12.3. The van der Waals surface area contributed by atoms with Crippen molar-refractivity contribution in [2.24, 2.45) is 11.7 Å². The first-order valence-electron chi connectivity index (χ1n) is 6.68. The molecule has 1 aliphatic carbocycles. The smallest absolute Gasteiger partial charge is 0.119 e. The largest absolute Gasteiger partial charge is 0.494 e. The Hall–Kier alpha value is -1.02. The first kappa shape index (κ1) is 12.4. The van der Waals surface area contributed by atoms with Gasteiger partial charge in [-0.15, -0.1) is 0 Å². The summed E-state index contributed by atoms with van der Waals surface area (Å²) in [4.78, 5) is 0. The molecule has 1 aromatic carbocycles. The Morgan fingerprint density at radius 1 is 1.41 bits per heavy atom. The van der Waals surface area contributed by atoms with Crippen molar-refractivity contribution < 1.29 is 4.74 Å². The molecule has 0 heterocycles. The molecule has 1 unspecified atom stereocenters. The Labute approximate surface area is 104 Å². The minimum Gasteiger partial charge on any atom is -0.494 e. The van der Waals surface area contributed by atoms with Gasteiger partial charge in [-0.2, -0.15) is 0 Å². The molecular formula is C15H23NO. The Morgan fingerprint density at radius 2 is 2.24 bits per heavy atom. The van der Waals surface area contributed by atoms with Crippen molar-refractivity contribution in [3.63, 3.8) is 0 Å². The van der Waals surface area contributed by atoms with Crippen molar-refractivity contribution in [3.05, 3.63) is 29.3 Å². The second kappa shape index (κ2) is 5.54. The van der Waals surface area contributed by atoms with Gasteiger partial charge in [-0.1, -0.05) is 19.9 Å². The second-order valence-electron chi connectivity index (χ2n) is 5.39. The molecule has 1 aromatic rings. The zero-order valence-electron chi connectivity index (χ0n) is 10.9. The summed E-state index contributed by atoms with van der Waals surface area (Å²) in [6.07, 6.45) is 4.56. The number of hydrogen-bond acceptors (Lipinski definition) is 2. The summed E-state index contributed by atoms with van der Waals surface area (Å²) in [5.74, 6) is 1.69. The molecule has 1 atom stereocenters. The molecule has 2 nitrogen and oxygen atoms in total. The van der Waals surface area contributed by atoms with Gasteiger partial charge in [0.05, 0.1) is 6.61 Å². The predicted octanol–water partition coefficient (Wildman–Crippen LogP) is 3.45. The predicted molar refractivity (Wildman–Crippen MR) is 71.3 cm³/mol. The van der Waals surface area contributed by atoms with Crippen molar-refractivity contribution in [2.75, 3.05) is 6.61 Å². The summed E-state index contributed by atoms with van der Waals surface area (Å²) in [5, 5.41) is 0. The monoisotopic (exact) mass is 233 g/mol. The number of nitrogens with two attached hydrogens (primary N) is 1. The number of benzene rings is 1. The summed E-state index contributed by atoms with van der Waals surface area (Å²) in [6, 6.07) is 6.60. The Bertz CT molecular complexity index is 373. The molecule has 0 amide bonds. The first-order chi connectivity index (χ1) is 8.16. The average molecular weight is 233 g/mol. The molecule has 0 aliphatic heterocycles. The molecule has 17 heavy (non-hydrogen) atoms. The van der Waals surface area contributed by atoms with Gasteiger partial charge in [0, 0.05) is 6.04 Å². The maximum atomic E-state index is 6.10. The third kappa shape index (κ3) is 3.22. The van der Waals surface area contributed by atoms with Gasteiger partial charge in [0.15, 0.2) is 0 Å². The summed E-state index contributed by atoms with van der Waals surface area (Å²) in [6.45, 7) is 5.24. The highest BCUT2D eigenvalue weighted by atomic mass is 16.5. The normalized spacial score (nSPS) is 19.2. The van der Waals surface area contributed by atoms with Crippen LogP contribution in [0.15, 0.2) is 18.2 Å². The molecule has 0 saturated heterocycles. The van der Waals surface area contributed by atoms with Crippen LogP contribution in [0.25, 0.3) is 0 Å². The Morgan fingerprint density at radius 3 is 3.00 bits per heavy atom. The van der Waals surface area contributed by atoms with E-state index in [4.69, 9.17) is 10.5 Å². The molecule has 0 bridgehead atoms. The molecule has 0 spiro atoms. The number of hydrogen-bond donors (Lipinski definition) is 1. The van der Waals surface area contributed by atoms with Crippen molar-refractivity contribution in [1.82, 2.24) is 0 Å². The second-order valence-corrected chi connectivity index (χ2v) is 5.39. The van der Waals surface area contributed by atoms with Crippen LogP contribution in [0.4, 0.5) is 0 Å². The van der Waals surface area contributed by atoms with Crippen LogP contribution >= 0.6 is 0 Å². The van der Waals surface area contributed by atoms with Crippen LogP contribution in [0.1, 0.15) is 50.3 Å². The van der Waals surface area contributed by atoms with Crippen LogP contribution in [0.5, 0.6) is 5.75 Å². The fraction of sp³-hybridized carbons (Fsp3) is 0.600. The lowest BCUT2D eigenvalue weighted by Gasteiger charge is -2.22. The van der Waals surface area contributed by atoms with E-state index in [1.165, 1.54) is 17.5 Å². The zero-order valence-corrected chi connectivity index (χ0v) is 10.9. The van der Waals surface area contributed by atoms with Gasteiger partial charge in [-0.05, 0) is 54.9 Å². The Kier molecular flexibility index (Phi) is 4.06. The number of fused-ring (bicyclic) bond motifs is 1. The summed E-state index contributed by atoms with van der Waals surface area (Å²) in [5.41, 5.74) is 8.79. The number of ether oxygens (including phenoxy) is 1. The molecule has 0 aromatic heterocycles. The van der Waals surface area contributed by atoms with E-state index in [-0.39, 0.29) is 6.04 Å². The van der Waals surface area contributed by atoms with E-state index in [0.29, 0.717) is 5.92 Å².